The predicted molar refractivity (Wildman–Crippen MR) is 104 cm³/mol. The molecule has 1 aliphatic rings. The van der Waals surface area contributed by atoms with Crippen molar-refractivity contribution in [2.75, 3.05) is 18.0 Å². The van der Waals surface area contributed by atoms with E-state index < -0.39 is 5.82 Å². The van der Waals surface area contributed by atoms with Crippen molar-refractivity contribution in [1.29, 1.82) is 0 Å². The van der Waals surface area contributed by atoms with Crippen molar-refractivity contribution in [3.63, 3.8) is 0 Å². The van der Waals surface area contributed by atoms with E-state index in [2.05, 4.69) is 24.8 Å². The van der Waals surface area contributed by atoms with Gasteiger partial charge >= 0.3 is 0 Å². The van der Waals surface area contributed by atoms with E-state index in [9.17, 15) is 4.39 Å². The number of pyridine rings is 1. The van der Waals surface area contributed by atoms with Crippen LogP contribution >= 0.6 is 11.6 Å². The SMILES string of the molecule is Fc1cc2ncc(-c3nccc(N4CCCC(c5c[nH]cn5)C4)n3)n2cc1Cl. The van der Waals surface area contributed by atoms with Crippen LogP contribution in [0.25, 0.3) is 17.2 Å². The summed E-state index contributed by atoms with van der Waals surface area (Å²) in [5.74, 6) is 1.25. The van der Waals surface area contributed by atoms with Gasteiger partial charge in [0.15, 0.2) is 5.82 Å². The van der Waals surface area contributed by atoms with Crippen LogP contribution in [0, 0.1) is 5.82 Å². The van der Waals surface area contributed by atoms with Crippen LogP contribution in [0.2, 0.25) is 5.02 Å². The second kappa shape index (κ2) is 6.87. The van der Waals surface area contributed by atoms with E-state index >= 15 is 0 Å². The van der Waals surface area contributed by atoms with E-state index in [1.807, 2.05) is 12.3 Å². The molecule has 1 atom stereocenters. The fourth-order valence-electron chi connectivity index (χ4n) is 3.71. The van der Waals surface area contributed by atoms with Crippen molar-refractivity contribution >= 4 is 23.1 Å². The summed E-state index contributed by atoms with van der Waals surface area (Å²) in [6.07, 6.45) is 10.7. The number of halogens is 2. The van der Waals surface area contributed by atoms with Crippen LogP contribution in [0.3, 0.4) is 0 Å². The number of hydrogen-bond acceptors (Lipinski definition) is 5. The van der Waals surface area contributed by atoms with E-state index in [0.29, 0.717) is 23.1 Å². The van der Waals surface area contributed by atoms with E-state index in [0.717, 1.165) is 37.4 Å². The lowest BCUT2D eigenvalue weighted by Crippen LogP contribution is -2.35. The molecule has 28 heavy (non-hydrogen) atoms. The molecule has 0 radical (unpaired) electrons. The molecular formula is C19H17ClFN7. The van der Waals surface area contributed by atoms with Crippen LogP contribution in [0.15, 0.2) is 43.2 Å². The Labute approximate surface area is 165 Å². The minimum atomic E-state index is -0.501. The molecule has 4 aromatic rings. The monoisotopic (exact) mass is 397 g/mol. The molecule has 7 nitrogen and oxygen atoms in total. The Bertz CT molecular complexity index is 1120. The zero-order valence-electron chi connectivity index (χ0n) is 14.9. The van der Waals surface area contributed by atoms with Gasteiger partial charge in [-0.2, -0.15) is 0 Å². The maximum atomic E-state index is 13.7. The minimum Gasteiger partial charge on any atom is -0.356 e. The Balaban J connectivity index is 1.48. The van der Waals surface area contributed by atoms with Crippen molar-refractivity contribution in [3.8, 4) is 11.5 Å². The molecule has 5 heterocycles. The summed E-state index contributed by atoms with van der Waals surface area (Å²) in [6.45, 7) is 1.78. The van der Waals surface area contributed by atoms with Gasteiger partial charge in [0.25, 0.3) is 0 Å². The Morgan fingerprint density at radius 3 is 3.04 bits per heavy atom. The molecule has 9 heteroatoms. The number of piperidine rings is 1. The third-order valence-electron chi connectivity index (χ3n) is 5.10. The summed E-state index contributed by atoms with van der Waals surface area (Å²) in [4.78, 5) is 23.1. The second-order valence-electron chi connectivity index (χ2n) is 6.86. The van der Waals surface area contributed by atoms with Gasteiger partial charge in [0.05, 0.1) is 23.2 Å². The van der Waals surface area contributed by atoms with Crippen molar-refractivity contribution in [1.82, 2.24) is 29.3 Å². The first kappa shape index (κ1) is 17.1. The van der Waals surface area contributed by atoms with Crippen LogP contribution in [0.1, 0.15) is 24.5 Å². The number of aromatic nitrogens is 6. The number of fused-ring (bicyclic) bond motifs is 1. The summed E-state index contributed by atoms with van der Waals surface area (Å²) in [5, 5.41) is 0.0285. The fraction of sp³-hybridized carbons (Fsp3) is 0.263. The number of anilines is 1. The highest BCUT2D eigenvalue weighted by molar-refractivity contribution is 6.30. The Morgan fingerprint density at radius 1 is 1.25 bits per heavy atom. The average molecular weight is 398 g/mol. The summed E-state index contributed by atoms with van der Waals surface area (Å²) >= 11 is 5.94. The zero-order chi connectivity index (χ0) is 19.1. The number of nitrogens with one attached hydrogen (secondary N) is 1. The van der Waals surface area contributed by atoms with Gasteiger partial charge in [-0.1, -0.05) is 11.6 Å². The molecule has 1 aliphatic heterocycles. The maximum Gasteiger partial charge on any atom is 0.180 e. The summed E-state index contributed by atoms with van der Waals surface area (Å²) in [6, 6.07) is 3.21. The molecule has 0 bridgehead atoms. The molecule has 1 saturated heterocycles. The third kappa shape index (κ3) is 2.99. The van der Waals surface area contributed by atoms with Crippen molar-refractivity contribution in [2.45, 2.75) is 18.8 Å². The number of hydrogen-bond donors (Lipinski definition) is 1. The lowest BCUT2D eigenvalue weighted by atomic mass is 9.95. The first-order chi connectivity index (χ1) is 13.7. The van der Waals surface area contributed by atoms with Gasteiger partial charge in [0.2, 0.25) is 0 Å². The van der Waals surface area contributed by atoms with Crippen LogP contribution in [-0.2, 0) is 0 Å². The first-order valence-corrected chi connectivity index (χ1v) is 9.46. The van der Waals surface area contributed by atoms with E-state index in [1.165, 1.54) is 12.3 Å². The molecule has 0 saturated carbocycles. The molecule has 4 aromatic heterocycles. The van der Waals surface area contributed by atoms with Crippen molar-refractivity contribution < 1.29 is 4.39 Å². The fourth-order valence-corrected chi connectivity index (χ4v) is 3.86. The van der Waals surface area contributed by atoms with Crippen molar-refractivity contribution in [3.05, 3.63) is 59.8 Å². The summed E-state index contributed by atoms with van der Waals surface area (Å²) < 4.78 is 15.4. The highest BCUT2D eigenvalue weighted by Gasteiger charge is 2.24. The van der Waals surface area contributed by atoms with Gasteiger partial charge < -0.3 is 9.88 Å². The second-order valence-corrected chi connectivity index (χ2v) is 7.27. The highest BCUT2D eigenvalue weighted by atomic mass is 35.5. The quantitative estimate of drug-likeness (QED) is 0.570. The summed E-state index contributed by atoms with van der Waals surface area (Å²) in [7, 11) is 0. The largest absolute Gasteiger partial charge is 0.356 e. The van der Waals surface area contributed by atoms with Crippen LogP contribution in [0.5, 0.6) is 0 Å². The molecule has 5 rings (SSSR count). The third-order valence-corrected chi connectivity index (χ3v) is 5.38. The van der Waals surface area contributed by atoms with Gasteiger partial charge in [-0.05, 0) is 18.9 Å². The molecular weight excluding hydrogens is 381 g/mol. The topological polar surface area (TPSA) is 75.0 Å². The number of rotatable bonds is 3. The molecule has 142 valence electrons. The van der Waals surface area contributed by atoms with Gasteiger partial charge in [0, 0.05) is 43.7 Å². The van der Waals surface area contributed by atoms with Gasteiger partial charge in [-0.3, -0.25) is 4.40 Å². The van der Waals surface area contributed by atoms with Crippen molar-refractivity contribution in [2.24, 2.45) is 0 Å². The molecule has 0 aromatic carbocycles. The predicted octanol–water partition coefficient (Wildman–Crippen LogP) is 3.69. The highest BCUT2D eigenvalue weighted by Crippen LogP contribution is 2.29. The molecule has 0 aliphatic carbocycles. The molecule has 1 N–H and O–H groups in total. The van der Waals surface area contributed by atoms with Crippen LogP contribution < -0.4 is 4.90 Å². The Hall–Kier alpha value is -3.00. The average Bonchev–Trinajstić information content (AvgIpc) is 3.39. The Kier molecular flexibility index (Phi) is 4.20. The molecule has 0 spiro atoms. The number of imidazole rings is 2. The van der Waals surface area contributed by atoms with E-state index in [4.69, 9.17) is 16.6 Å². The smallest absolute Gasteiger partial charge is 0.180 e. The number of nitrogens with zero attached hydrogens (tertiary/aromatic N) is 6. The van der Waals surface area contributed by atoms with Crippen LogP contribution in [0.4, 0.5) is 10.2 Å². The van der Waals surface area contributed by atoms with E-state index in [-0.39, 0.29) is 5.02 Å². The first-order valence-electron chi connectivity index (χ1n) is 9.08. The maximum absolute atomic E-state index is 13.7. The van der Waals surface area contributed by atoms with Gasteiger partial charge in [-0.25, -0.2) is 24.3 Å². The van der Waals surface area contributed by atoms with Gasteiger partial charge in [0.1, 0.15) is 23.0 Å². The molecule has 1 unspecified atom stereocenters. The van der Waals surface area contributed by atoms with E-state index in [1.54, 1.807) is 23.1 Å². The normalized spacial score (nSPS) is 17.4. The Morgan fingerprint density at radius 2 is 2.18 bits per heavy atom. The van der Waals surface area contributed by atoms with Gasteiger partial charge in [-0.15, -0.1) is 0 Å². The number of aromatic amines is 1. The zero-order valence-corrected chi connectivity index (χ0v) is 15.6. The lowest BCUT2D eigenvalue weighted by molar-refractivity contribution is 0.500. The summed E-state index contributed by atoms with van der Waals surface area (Å²) in [5.41, 5.74) is 2.21. The molecule has 1 fully saturated rings. The minimum absolute atomic E-state index is 0.0285. The molecule has 0 amide bonds. The van der Waals surface area contributed by atoms with Crippen LogP contribution in [-0.4, -0.2) is 42.4 Å². The lowest BCUT2D eigenvalue weighted by Gasteiger charge is -2.32. The standard InChI is InChI=1S/C19H17ClFN7/c20-13-10-28-16(8-24-18(28)6-14(13)21)19-23-4-3-17(26-19)27-5-1-2-12(9-27)15-7-22-11-25-15/h3-4,6-8,10-12H,1-2,5,9H2,(H,22,25). The number of H-pyrrole nitrogens is 1.